The second-order valence-corrected chi connectivity index (χ2v) is 11.1. The van der Waals surface area contributed by atoms with Gasteiger partial charge in [0, 0.05) is 43.1 Å². The number of nitrogens with one attached hydrogen (secondary N) is 2. The molecule has 3 atom stereocenters. The summed E-state index contributed by atoms with van der Waals surface area (Å²) in [6, 6.07) is 7.14. The van der Waals surface area contributed by atoms with E-state index in [2.05, 4.69) is 10.6 Å². The molecule has 0 aliphatic carbocycles. The van der Waals surface area contributed by atoms with Crippen LogP contribution in [-0.4, -0.2) is 59.0 Å². The fourth-order valence-electron chi connectivity index (χ4n) is 4.26. The van der Waals surface area contributed by atoms with Gasteiger partial charge in [-0.2, -0.15) is 0 Å². The third-order valence-electron chi connectivity index (χ3n) is 6.39. The number of halogens is 4. The van der Waals surface area contributed by atoms with Crippen molar-refractivity contribution >= 4 is 47.6 Å². The van der Waals surface area contributed by atoms with Crippen LogP contribution >= 0.6 is 24.2 Å². The average molecular weight is 617 g/mol. The van der Waals surface area contributed by atoms with Crippen LogP contribution in [0.15, 0.2) is 36.4 Å². The van der Waals surface area contributed by atoms with Gasteiger partial charge in [-0.25, -0.2) is 18.0 Å². The summed E-state index contributed by atoms with van der Waals surface area (Å²) in [5, 5.41) is 5.29. The van der Waals surface area contributed by atoms with Gasteiger partial charge in [0.05, 0.1) is 6.61 Å². The Kier molecular flexibility index (Phi) is 13.3. The van der Waals surface area contributed by atoms with Crippen molar-refractivity contribution in [3.05, 3.63) is 65.0 Å². The van der Waals surface area contributed by atoms with Crippen LogP contribution < -0.4 is 16.4 Å². The molecule has 2 aromatic carbocycles. The van der Waals surface area contributed by atoms with Gasteiger partial charge < -0.3 is 26.0 Å². The first kappa shape index (κ1) is 34.2. The fraction of sp³-hybridized carbons (Fsp3) is 0.464. The Hall–Kier alpha value is -2.96. The lowest BCUT2D eigenvalue weighted by molar-refractivity contribution is -0.145. The van der Waals surface area contributed by atoms with Crippen molar-refractivity contribution in [3.63, 3.8) is 0 Å². The first-order valence-electron chi connectivity index (χ1n) is 13.1. The largest absolute Gasteiger partial charge is 0.464 e. The molecule has 2 amide bonds. The average Bonchev–Trinajstić information content (AvgIpc) is 3.40. The van der Waals surface area contributed by atoms with Crippen LogP contribution in [0.2, 0.25) is 0 Å². The van der Waals surface area contributed by atoms with E-state index in [1.807, 2.05) is 38.1 Å². The van der Waals surface area contributed by atoms with Gasteiger partial charge in [-0.3, -0.25) is 9.59 Å². The number of anilines is 1. The summed E-state index contributed by atoms with van der Waals surface area (Å²) < 4.78 is 45.7. The minimum absolute atomic E-state index is 0. The summed E-state index contributed by atoms with van der Waals surface area (Å²) in [4.78, 5) is 39.4. The third-order valence-corrected chi connectivity index (χ3v) is 7.60. The second kappa shape index (κ2) is 15.9. The molecule has 13 heteroatoms. The smallest absolute Gasteiger partial charge is 0.328 e. The van der Waals surface area contributed by atoms with E-state index in [1.165, 1.54) is 16.7 Å². The van der Waals surface area contributed by atoms with E-state index in [1.54, 1.807) is 6.92 Å². The lowest BCUT2D eigenvalue weighted by Gasteiger charge is -2.24. The summed E-state index contributed by atoms with van der Waals surface area (Å²) in [7, 11) is 0. The zero-order valence-corrected chi connectivity index (χ0v) is 24.8. The zero-order valence-electron chi connectivity index (χ0n) is 23.1. The van der Waals surface area contributed by atoms with Gasteiger partial charge in [0.25, 0.3) is 5.91 Å². The Bertz CT molecular complexity index is 1210. The second-order valence-electron chi connectivity index (χ2n) is 9.87. The lowest BCUT2D eigenvalue weighted by atomic mass is 10.0. The van der Waals surface area contributed by atoms with Gasteiger partial charge in [-0.1, -0.05) is 26.0 Å². The molecule has 1 heterocycles. The number of amides is 2. The van der Waals surface area contributed by atoms with E-state index in [0.29, 0.717) is 25.0 Å². The number of rotatable bonds is 12. The molecule has 1 saturated heterocycles. The third kappa shape index (κ3) is 9.54. The van der Waals surface area contributed by atoms with E-state index in [9.17, 15) is 27.6 Å². The molecule has 1 aliphatic rings. The van der Waals surface area contributed by atoms with Crippen LogP contribution in [0.5, 0.6) is 0 Å². The van der Waals surface area contributed by atoms with Crippen molar-refractivity contribution in [3.8, 4) is 0 Å². The van der Waals surface area contributed by atoms with Crippen LogP contribution in [0.1, 0.15) is 38.3 Å². The quantitative estimate of drug-likeness (QED) is 0.244. The molecular weight excluding hydrogens is 581 g/mol. The summed E-state index contributed by atoms with van der Waals surface area (Å²) in [5.74, 6) is -3.86. The Morgan fingerprint density at radius 1 is 1.10 bits per heavy atom. The number of nitrogens with zero attached hydrogens (tertiary/aromatic N) is 1. The molecule has 4 N–H and O–H groups in total. The van der Waals surface area contributed by atoms with Gasteiger partial charge in [-0.05, 0) is 48.6 Å². The fourth-order valence-corrected chi connectivity index (χ4v) is 5.43. The van der Waals surface area contributed by atoms with Crippen LogP contribution in [0.4, 0.5) is 18.9 Å². The number of carbonyl (C=O) groups excluding carboxylic acids is 3. The highest BCUT2D eigenvalue weighted by atomic mass is 35.5. The molecule has 0 radical (unpaired) electrons. The Morgan fingerprint density at radius 2 is 1.76 bits per heavy atom. The number of carbonyl (C=O) groups is 3. The normalized spacial score (nSPS) is 16.1. The lowest BCUT2D eigenvalue weighted by Crippen LogP contribution is -2.46. The molecule has 8 nitrogen and oxygen atoms in total. The molecule has 0 bridgehead atoms. The molecule has 0 aromatic heterocycles. The standard InChI is InChI=1S/C28H35F3N4O4S.ClH/c1-4-39-28(38)25(16(2)3)34-20-7-5-17(6-8-20)15-33-26(37)27-35(9-10-40-27)24(36)13-19(32)11-18-12-22(30)23(31)14-21(18)29;/h5-8,12,14,16,19,25,27,34H,4,9-11,13,15,32H2,1-3H3,(H,33,37);1H/t19-,25?,27?;/m1./s1. The molecule has 0 saturated carbocycles. The van der Waals surface area contributed by atoms with Crippen molar-refractivity contribution in [2.24, 2.45) is 11.7 Å². The van der Waals surface area contributed by atoms with Crippen LogP contribution in [-0.2, 0) is 32.1 Å². The monoisotopic (exact) mass is 616 g/mol. The first-order chi connectivity index (χ1) is 19.0. The van der Waals surface area contributed by atoms with Gasteiger partial charge in [-0.15, -0.1) is 24.2 Å². The SMILES string of the molecule is CCOC(=O)C(Nc1ccc(CNC(=O)C2SCCN2C(=O)C[C@H](N)Cc2cc(F)c(F)cc2F)cc1)C(C)C.Cl. The number of esters is 1. The molecule has 1 fully saturated rings. The molecule has 41 heavy (non-hydrogen) atoms. The molecule has 0 spiro atoms. The minimum Gasteiger partial charge on any atom is -0.464 e. The van der Waals surface area contributed by atoms with Crippen molar-refractivity contribution in [2.45, 2.75) is 57.6 Å². The van der Waals surface area contributed by atoms with Crippen molar-refractivity contribution in [1.82, 2.24) is 10.2 Å². The number of ether oxygens (including phenoxy) is 1. The van der Waals surface area contributed by atoms with Crippen LogP contribution in [0, 0.1) is 23.4 Å². The van der Waals surface area contributed by atoms with Gasteiger partial charge >= 0.3 is 5.97 Å². The molecule has 2 aromatic rings. The Morgan fingerprint density at radius 3 is 2.39 bits per heavy atom. The van der Waals surface area contributed by atoms with Crippen molar-refractivity contribution in [1.29, 1.82) is 0 Å². The van der Waals surface area contributed by atoms with E-state index >= 15 is 0 Å². The number of benzene rings is 2. The van der Waals surface area contributed by atoms with Crippen LogP contribution in [0.25, 0.3) is 0 Å². The summed E-state index contributed by atoms with van der Waals surface area (Å²) in [6.07, 6.45) is -0.338. The first-order valence-corrected chi connectivity index (χ1v) is 14.1. The summed E-state index contributed by atoms with van der Waals surface area (Å²) in [5.41, 5.74) is 7.46. The molecule has 1 aliphatic heterocycles. The molecule has 2 unspecified atom stereocenters. The van der Waals surface area contributed by atoms with Gasteiger partial charge in [0.1, 0.15) is 11.9 Å². The number of hydrogen-bond acceptors (Lipinski definition) is 7. The highest BCUT2D eigenvalue weighted by Crippen LogP contribution is 2.26. The molecule has 3 rings (SSSR count). The summed E-state index contributed by atoms with van der Waals surface area (Å²) >= 11 is 1.32. The van der Waals surface area contributed by atoms with E-state index in [-0.39, 0.29) is 61.1 Å². The van der Waals surface area contributed by atoms with Crippen LogP contribution in [0.3, 0.4) is 0 Å². The highest BCUT2D eigenvalue weighted by molar-refractivity contribution is 8.00. The number of nitrogens with two attached hydrogens (primary N) is 1. The molecular formula is C28H36ClF3N4O4S. The maximum Gasteiger partial charge on any atom is 0.328 e. The summed E-state index contributed by atoms with van der Waals surface area (Å²) in [6.45, 7) is 6.49. The maximum atomic E-state index is 14.0. The van der Waals surface area contributed by atoms with Gasteiger partial charge in [0.15, 0.2) is 17.0 Å². The van der Waals surface area contributed by atoms with E-state index < -0.39 is 34.9 Å². The number of hydrogen-bond donors (Lipinski definition) is 3. The van der Waals surface area contributed by atoms with E-state index in [4.69, 9.17) is 10.5 Å². The predicted molar refractivity (Wildman–Crippen MR) is 155 cm³/mol. The number of thioether (sulfide) groups is 1. The zero-order chi connectivity index (χ0) is 29.4. The minimum atomic E-state index is -1.30. The van der Waals surface area contributed by atoms with E-state index in [0.717, 1.165) is 17.3 Å². The maximum absolute atomic E-state index is 14.0. The van der Waals surface area contributed by atoms with Crippen molar-refractivity contribution in [2.75, 3.05) is 24.2 Å². The Balaban J connectivity index is 0.00000588. The highest BCUT2D eigenvalue weighted by Gasteiger charge is 2.35. The van der Waals surface area contributed by atoms with Gasteiger partial charge in [0.2, 0.25) is 5.91 Å². The predicted octanol–water partition coefficient (Wildman–Crippen LogP) is 4.00. The van der Waals surface area contributed by atoms with Crippen molar-refractivity contribution < 1.29 is 32.3 Å². The topological polar surface area (TPSA) is 114 Å². The Labute approximate surface area is 248 Å². The molecule has 226 valence electrons.